The summed E-state index contributed by atoms with van der Waals surface area (Å²) < 4.78 is 10.3. The molecule has 17 heavy (non-hydrogen) atoms. The van der Waals surface area contributed by atoms with Gasteiger partial charge in [-0.1, -0.05) is 17.3 Å². The number of nitrogens with two attached hydrogens (primary N) is 1. The molecular weight excluding hydrogens is 218 g/mol. The molecular formula is C12H9N3O2. The summed E-state index contributed by atoms with van der Waals surface area (Å²) in [7, 11) is 0. The van der Waals surface area contributed by atoms with Crippen molar-refractivity contribution >= 4 is 5.82 Å². The van der Waals surface area contributed by atoms with Crippen LogP contribution in [0.3, 0.4) is 0 Å². The van der Waals surface area contributed by atoms with Gasteiger partial charge in [0.2, 0.25) is 5.89 Å². The van der Waals surface area contributed by atoms with Gasteiger partial charge in [-0.25, -0.2) is 4.98 Å². The Bertz CT molecular complexity index is 612. The third kappa shape index (κ3) is 1.78. The van der Waals surface area contributed by atoms with Crippen LogP contribution in [0, 0.1) is 0 Å². The first kappa shape index (κ1) is 9.65. The highest BCUT2D eigenvalue weighted by Gasteiger charge is 2.06. The Morgan fingerprint density at radius 2 is 1.82 bits per heavy atom. The van der Waals surface area contributed by atoms with Crippen molar-refractivity contribution in [1.29, 1.82) is 0 Å². The molecule has 0 saturated carbocycles. The van der Waals surface area contributed by atoms with Gasteiger partial charge in [0.15, 0.2) is 11.6 Å². The maximum absolute atomic E-state index is 5.49. The zero-order valence-corrected chi connectivity index (χ0v) is 8.83. The Morgan fingerprint density at radius 1 is 1.06 bits per heavy atom. The van der Waals surface area contributed by atoms with Gasteiger partial charge < -0.3 is 14.7 Å². The topological polar surface area (TPSA) is 78.1 Å². The highest BCUT2D eigenvalue weighted by molar-refractivity contribution is 5.64. The molecule has 0 atom stereocenters. The highest BCUT2D eigenvalue weighted by atomic mass is 16.5. The van der Waals surface area contributed by atoms with Crippen molar-refractivity contribution < 1.29 is 8.94 Å². The normalized spacial score (nSPS) is 10.6. The van der Waals surface area contributed by atoms with E-state index in [1.165, 1.54) is 0 Å². The number of rotatable bonds is 2. The van der Waals surface area contributed by atoms with E-state index in [1.54, 1.807) is 18.5 Å². The van der Waals surface area contributed by atoms with Crippen molar-refractivity contribution in [2.75, 3.05) is 5.73 Å². The summed E-state index contributed by atoms with van der Waals surface area (Å²) in [5.74, 6) is 1.60. The monoisotopic (exact) mass is 227 g/mol. The zero-order valence-electron chi connectivity index (χ0n) is 8.83. The molecule has 0 bridgehead atoms. The largest absolute Gasteiger partial charge is 0.445 e. The van der Waals surface area contributed by atoms with Crippen LogP contribution in [0.1, 0.15) is 0 Å². The van der Waals surface area contributed by atoms with Crippen LogP contribution in [0.2, 0.25) is 0 Å². The Morgan fingerprint density at radius 3 is 2.41 bits per heavy atom. The zero-order chi connectivity index (χ0) is 11.7. The molecule has 0 aliphatic heterocycles. The van der Waals surface area contributed by atoms with E-state index < -0.39 is 0 Å². The number of nitrogens with zero attached hydrogens (tertiary/aromatic N) is 2. The van der Waals surface area contributed by atoms with Crippen molar-refractivity contribution in [2.24, 2.45) is 0 Å². The second kappa shape index (κ2) is 3.79. The summed E-state index contributed by atoms with van der Waals surface area (Å²) in [4.78, 5) is 4.07. The van der Waals surface area contributed by atoms with E-state index in [-0.39, 0.29) is 0 Å². The molecule has 2 heterocycles. The SMILES string of the molecule is Nc1cc(-c2ccc(-c3ncco3)cc2)on1. The number of nitrogen functional groups attached to an aromatic ring is 1. The van der Waals surface area contributed by atoms with E-state index >= 15 is 0 Å². The molecule has 2 N–H and O–H groups in total. The van der Waals surface area contributed by atoms with Crippen molar-refractivity contribution in [3.05, 3.63) is 42.8 Å². The maximum Gasteiger partial charge on any atom is 0.225 e. The van der Waals surface area contributed by atoms with Crippen LogP contribution in [-0.2, 0) is 0 Å². The van der Waals surface area contributed by atoms with Crippen molar-refractivity contribution in [3.8, 4) is 22.8 Å². The number of hydrogen-bond acceptors (Lipinski definition) is 5. The molecule has 0 unspecified atom stereocenters. The molecule has 0 saturated heterocycles. The molecule has 2 aromatic heterocycles. The molecule has 0 fully saturated rings. The van der Waals surface area contributed by atoms with Crippen LogP contribution in [0.4, 0.5) is 5.82 Å². The fourth-order valence-electron chi connectivity index (χ4n) is 1.57. The molecule has 3 aromatic rings. The van der Waals surface area contributed by atoms with Gasteiger partial charge in [0, 0.05) is 17.2 Å². The second-order valence-corrected chi connectivity index (χ2v) is 3.53. The lowest BCUT2D eigenvalue weighted by Gasteiger charge is -1.97. The molecule has 0 amide bonds. The predicted octanol–water partition coefficient (Wildman–Crippen LogP) is 2.58. The van der Waals surface area contributed by atoms with E-state index in [4.69, 9.17) is 14.7 Å². The van der Waals surface area contributed by atoms with Crippen molar-refractivity contribution in [1.82, 2.24) is 10.1 Å². The summed E-state index contributed by atoms with van der Waals surface area (Å²) in [6.45, 7) is 0. The Labute approximate surface area is 96.9 Å². The van der Waals surface area contributed by atoms with E-state index in [2.05, 4.69) is 10.1 Å². The van der Waals surface area contributed by atoms with Gasteiger partial charge in [0.1, 0.15) is 6.26 Å². The lowest BCUT2D eigenvalue weighted by atomic mass is 10.1. The smallest absolute Gasteiger partial charge is 0.225 e. The van der Waals surface area contributed by atoms with Gasteiger partial charge >= 0.3 is 0 Å². The standard InChI is InChI=1S/C12H9N3O2/c13-11-7-10(17-15-11)8-1-3-9(4-2-8)12-14-5-6-16-12/h1-7H,(H2,13,15). The first-order valence-electron chi connectivity index (χ1n) is 5.05. The third-order valence-electron chi connectivity index (χ3n) is 2.38. The fourth-order valence-corrected chi connectivity index (χ4v) is 1.57. The summed E-state index contributed by atoms with van der Waals surface area (Å²) in [5, 5.41) is 3.64. The molecule has 3 rings (SSSR count). The van der Waals surface area contributed by atoms with Crippen LogP contribution in [0.5, 0.6) is 0 Å². The molecule has 1 aromatic carbocycles. The van der Waals surface area contributed by atoms with Crippen LogP contribution < -0.4 is 5.73 Å². The van der Waals surface area contributed by atoms with E-state index in [0.717, 1.165) is 11.1 Å². The molecule has 0 radical (unpaired) electrons. The van der Waals surface area contributed by atoms with Crippen LogP contribution in [-0.4, -0.2) is 10.1 Å². The van der Waals surface area contributed by atoms with Crippen LogP contribution >= 0.6 is 0 Å². The predicted molar refractivity (Wildman–Crippen MR) is 61.8 cm³/mol. The minimum absolute atomic E-state index is 0.372. The van der Waals surface area contributed by atoms with Gasteiger partial charge in [-0.2, -0.15) is 0 Å². The second-order valence-electron chi connectivity index (χ2n) is 3.53. The van der Waals surface area contributed by atoms with E-state index in [0.29, 0.717) is 17.5 Å². The van der Waals surface area contributed by atoms with Gasteiger partial charge in [-0.15, -0.1) is 0 Å². The van der Waals surface area contributed by atoms with Gasteiger partial charge in [-0.05, 0) is 12.1 Å². The quantitative estimate of drug-likeness (QED) is 0.727. The minimum atomic E-state index is 0.372. The van der Waals surface area contributed by atoms with Crippen molar-refractivity contribution in [3.63, 3.8) is 0 Å². The molecule has 5 heteroatoms. The Hall–Kier alpha value is -2.56. The molecule has 84 valence electrons. The minimum Gasteiger partial charge on any atom is -0.445 e. The third-order valence-corrected chi connectivity index (χ3v) is 2.38. The number of anilines is 1. The average Bonchev–Trinajstić information content (AvgIpc) is 3.00. The summed E-state index contributed by atoms with van der Waals surface area (Å²) in [6.07, 6.45) is 3.15. The lowest BCUT2D eigenvalue weighted by molar-refractivity contribution is 0.436. The summed E-state index contributed by atoms with van der Waals surface area (Å²) in [6, 6.07) is 9.29. The lowest BCUT2D eigenvalue weighted by Crippen LogP contribution is -1.80. The number of oxazole rings is 1. The molecule has 0 aliphatic rings. The maximum atomic E-state index is 5.49. The molecule has 0 spiro atoms. The van der Waals surface area contributed by atoms with Crippen molar-refractivity contribution in [2.45, 2.75) is 0 Å². The van der Waals surface area contributed by atoms with Crippen LogP contribution in [0.25, 0.3) is 22.8 Å². The highest BCUT2D eigenvalue weighted by Crippen LogP contribution is 2.24. The van der Waals surface area contributed by atoms with Crippen LogP contribution in [0.15, 0.2) is 51.7 Å². The first-order valence-corrected chi connectivity index (χ1v) is 5.05. The van der Waals surface area contributed by atoms with E-state index in [1.807, 2.05) is 24.3 Å². The summed E-state index contributed by atoms with van der Waals surface area (Å²) >= 11 is 0. The van der Waals surface area contributed by atoms with Gasteiger partial charge in [-0.3, -0.25) is 0 Å². The van der Waals surface area contributed by atoms with Gasteiger partial charge in [0.25, 0.3) is 0 Å². The first-order chi connectivity index (χ1) is 8.33. The fraction of sp³-hybridized carbons (Fsp3) is 0. The Kier molecular flexibility index (Phi) is 2.15. The van der Waals surface area contributed by atoms with Gasteiger partial charge in [0.05, 0.1) is 6.20 Å². The number of aromatic nitrogens is 2. The number of hydrogen-bond donors (Lipinski definition) is 1. The molecule has 5 nitrogen and oxygen atoms in total. The van der Waals surface area contributed by atoms with E-state index in [9.17, 15) is 0 Å². The average molecular weight is 227 g/mol. The summed E-state index contributed by atoms with van der Waals surface area (Å²) in [5.41, 5.74) is 7.31. The molecule has 0 aliphatic carbocycles. The number of benzene rings is 1. The Balaban J connectivity index is 1.95.